The zero-order valence-electron chi connectivity index (χ0n) is 23.2. The van der Waals surface area contributed by atoms with Crippen LogP contribution in [0.3, 0.4) is 0 Å². The van der Waals surface area contributed by atoms with Gasteiger partial charge in [-0.2, -0.15) is 0 Å². The van der Waals surface area contributed by atoms with Crippen LogP contribution in [0, 0.1) is 13.8 Å². The average molecular weight is 530 g/mol. The number of benzene rings is 2. The van der Waals surface area contributed by atoms with Gasteiger partial charge in [-0.1, -0.05) is 56.3 Å². The Hall–Kier alpha value is -2.87. The summed E-state index contributed by atoms with van der Waals surface area (Å²) < 4.78 is 26.6. The van der Waals surface area contributed by atoms with Crippen molar-refractivity contribution in [1.82, 2.24) is 10.2 Å². The molecule has 0 aliphatic carbocycles. The van der Waals surface area contributed by atoms with E-state index in [1.165, 1.54) is 10.6 Å². The SMILES string of the molecule is CC[C@H](C)NC(=O)[C@H](CC)N(CCc1ccccc1)C(=O)CCCN(c1cccc(C)c1C)S(C)(=O)=O. The molecule has 0 saturated carbocycles. The number of carbonyl (C=O) groups is 2. The van der Waals surface area contributed by atoms with Crippen LogP contribution >= 0.6 is 0 Å². The second-order valence-electron chi connectivity index (χ2n) is 9.72. The van der Waals surface area contributed by atoms with Crippen molar-refractivity contribution < 1.29 is 18.0 Å². The Morgan fingerprint density at radius 1 is 0.946 bits per heavy atom. The Morgan fingerprint density at radius 3 is 2.22 bits per heavy atom. The van der Waals surface area contributed by atoms with Crippen molar-refractivity contribution in [2.24, 2.45) is 0 Å². The molecule has 7 nitrogen and oxygen atoms in total. The third-order valence-corrected chi connectivity index (χ3v) is 8.05. The number of anilines is 1. The van der Waals surface area contributed by atoms with Gasteiger partial charge in [-0.15, -0.1) is 0 Å². The van der Waals surface area contributed by atoms with Crippen LogP contribution in [0.2, 0.25) is 0 Å². The van der Waals surface area contributed by atoms with Gasteiger partial charge in [0.2, 0.25) is 21.8 Å². The summed E-state index contributed by atoms with van der Waals surface area (Å²) in [6, 6.07) is 14.9. The van der Waals surface area contributed by atoms with Crippen LogP contribution in [-0.4, -0.2) is 56.6 Å². The van der Waals surface area contributed by atoms with Gasteiger partial charge in [0.25, 0.3) is 0 Å². The van der Waals surface area contributed by atoms with E-state index in [1.807, 2.05) is 77.1 Å². The molecule has 2 rings (SSSR count). The zero-order valence-corrected chi connectivity index (χ0v) is 24.0. The number of rotatable bonds is 14. The second kappa shape index (κ2) is 14.2. The molecule has 0 bridgehead atoms. The normalized spacial score (nSPS) is 13.0. The molecule has 0 saturated heterocycles. The molecular weight excluding hydrogens is 486 g/mol. The predicted octanol–water partition coefficient (Wildman–Crippen LogP) is 4.61. The average Bonchev–Trinajstić information content (AvgIpc) is 2.86. The molecule has 2 aromatic carbocycles. The van der Waals surface area contributed by atoms with Gasteiger partial charge in [0.1, 0.15) is 6.04 Å². The maximum atomic E-state index is 13.5. The molecule has 2 atom stereocenters. The Kier molecular flexibility index (Phi) is 11.6. The first kappa shape index (κ1) is 30.4. The molecule has 204 valence electrons. The van der Waals surface area contributed by atoms with Crippen LogP contribution in [0.25, 0.3) is 0 Å². The minimum atomic E-state index is -3.53. The van der Waals surface area contributed by atoms with Crippen molar-refractivity contribution in [2.75, 3.05) is 23.7 Å². The van der Waals surface area contributed by atoms with Gasteiger partial charge in [-0.25, -0.2) is 8.42 Å². The van der Waals surface area contributed by atoms with E-state index in [4.69, 9.17) is 0 Å². The van der Waals surface area contributed by atoms with Crippen molar-refractivity contribution in [3.63, 3.8) is 0 Å². The van der Waals surface area contributed by atoms with Gasteiger partial charge >= 0.3 is 0 Å². The van der Waals surface area contributed by atoms with Gasteiger partial charge in [0.15, 0.2) is 0 Å². The van der Waals surface area contributed by atoms with Crippen molar-refractivity contribution >= 4 is 27.5 Å². The molecular formula is C29H43N3O4S. The van der Waals surface area contributed by atoms with E-state index >= 15 is 0 Å². The monoisotopic (exact) mass is 529 g/mol. The molecule has 0 radical (unpaired) electrons. The number of carbonyl (C=O) groups excluding carboxylic acids is 2. The van der Waals surface area contributed by atoms with Crippen LogP contribution < -0.4 is 9.62 Å². The fourth-order valence-corrected chi connectivity index (χ4v) is 5.34. The third-order valence-electron chi connectivity index (χ3n) is 6.87. The Labute approximate surface area is 223 Å². The van der Waals surface area contributed by atoms with E-state index in [2.05, 4.69) is 5.32 Å². The van der Waals surface area contributed by atoms with Gasteiger partial charge in [0, 0.05) is 25.6 Å². The lowest BCUT2D eigenvalue weighted by Gasteiger charge is -2.32. The Balaban J connectivity index is 2.20. The van der Waals surface area contributed by atoms with Crippen LogP contribution in [0.15, 0.2) is 48.5 Å². The van der Waals surface area contributed by atoms with E-state index < -0.39 is 16.1 Å². The highest BCUT2D eigenvalue weighted by molar-refractivity contribution is 7.92. The molecule has 0 fully saturated rings. The number of hydrogen-bond acceptors (Lipinski definition) is 4. The first-order valence-electron chi connectivity index (χ1n) is 13.2. The molecule has 0 aliphatic rings. The summed E-state index contributed by atoms with van der Waals surface area (Å²) in [5, 5.41) is 3.02. The lowest BCUT2D eigenvalue weighted by molar-refractivity contribution is -0.141. The van der Waals surface area contributed by atoms with Gasteiger partial charge in [-0.05, 0) is 69.2 Å². The first-order chi connectivity index (χ1) is 17.5. The highest BCUT2D eigenvalue weighted by Crippen LogP contribution is 2.25. The van der Waals surface area contributed by atoms with E-state index in [9.17, 15) is 18.0 Å². The summed E-state index contributed by atoms with van der Waals surface area (Å²) in [5.74, 6) is -0.289. The van der Waals surface area contributed by atoms with E-state index in [1.54, 1.807) is 11.0 Å². The van der Waals surface area contributed by atoms with E-state index in [-0.39, 0.29) is 30.8 Å². The summed E-state index contributed by atoms with van der Waals surface area (Å²) in [5.41, 5.74) is 3.63. The second-order valence-corrected chi connectivity index (χ2v) is 11.6. The van der Waals surface area contributed by atoms with Gasteiger partial charge < -0.3 is 10.2 Å². The molecule has 8 heteroatoms. The van der Waals surface area contributed by atoms with Crippen molar-refractivity contribution in [3.05, 3.63) is 65.2 Å². The number of sulfonamides is 1. The fourth-order valence-electron chi connectivity index (χ4n) is 4.33. The van der Waals surface area contributed by atoms with Crippen LogP contribution in [0.1, 0.15) is 63.1 Å². The molecule has 37 heavy (non-hydrogen) atoms. The smallest absolute Gasteiger partial charge is 0.243 e. The molecule has 2 amide bonds. The Morgan fingerprint density at radius 2 is 1.62 bits per heavy atom. The fraction of sp³-hybridized carbons (Fsp3) is 0.517. The van der Waals surface area contributed by atoms with Gasteiger partial charge in [-0.3, -0.25) is 13.9 Å². The molecule has 1 N–H and O–H groups in total. The highest BCUT2D eigenvalue weighted by atomic mass is 32.2. The molecule has 0 aliphatic heterocycles. The third kappa shape index (κ3) is 8.88. The van der Waals surface area contributed by atoms with E-state index in [0.717, 1.165) is 23.1 Å². The van der Waals surface area contributed by atoms with Crippen LogP contribution in [0.5, 0.6) is 0 Å². The van der Waals surface area contributed by atoms with Crippen molar-refractivity contribution in [3.8, 4) is 0 Å². The predicted molar refractivity (Wildman–Crippen MR) is 151 cm³/mol. The highest BCUT2D eigenvalue weighted by Gasteiger charge is 2.29. The Bertz CT molecular complexity index is 1140. The summed E-state index contributed by atoms with van der Waals surface area (Å²) in [7, 11) is -3.53. The summed E-state index contributed by atoms with van der Waals surface area (Å²) in [6.07, 6.45) is 3.64. The zero-order chi connectivity index (χ0) is 27.6. The maximum absolute atomic E-state index is 13.5. The first-order valence-corrected chi connectivity index (χ1v) is 15.0. The topological polar surface area (TPSA) is 86.8 Å². The van der Waals surface area contributed by atoms with Crippen molar-refractivity contribution in [1.29, 1.82) is 0 Å². The van der Waals surface area contributed by atoms with Crippen LogP contribution in [0.4, 0.5) is 5.69 Å². The maximum Gasteiger partial charge on any atom is 0.243 e. The molecule has 0 unspecified atom stereocenters. The minimum absolute atomic E-state index is 0.0218. The number of nitrogens with zero attached hydrogens (tertiary/aromatic N) is 2. The molecule has 0 heterocycles. The molecule has 2 aromatic rings. The quantitative estimate of drug-likeness (QED) is 0.387. The van der Waals surface area contributed by atoms with Crippen LogP contribution in [-0.2, 0) is 26.0 Å². The minimum Gasteiger partial charge on any atom is -0.352 e. The molecule has 0 spiro atoms. The standard InChI is InChI=1S/C29H43N3O4S/c1-7-23(4)30-29(34)26(8-2)31(21-19-25-15-10-9-11-16-25)28(33)18-13-20-32(37(6,35)36)27-17-12-14-22(3)24(27)5/h9-12,14-17,23,26H,7-8,13,18-21H2,1-6H3,(H,30,34)/t23-,26-/m0/s1. The van der Waals surface area contributed by atoms with Gasteiger partial charge in [0.05, 0.1) is 11.9 Å². The molecule has 0 aromatic heterocycles. The lowest BCUT2D eigenvalue weighted by Crippen LogP contribution is -2.51. The number of hydrogen-bond donors (Lipinski definition) is 1. The largest absolute Gasteiger partial charge is 0.352 e. The number of aryl methyl sites for hydroxylation is 1. The lowest BCUT2D eigenvalue weighted by atomic mass is 10.1. The summed E-state index contributed by atoms with van der Waals surface area (Å²) in [4.78, 5) is 28.2. The summed E-state index contributed by atoms with van der Waals surface area (Å²) >= 11 is 0. The van der Waals surface area contributed by atoms with E-state index in [0.29, 0.717) is 31.5 Å². The van der Waals surface area contributed by atoms with Crippen molar-refractivity contribution in [2.45, 2.75) is 78.8 Å². The number of nitrogens with one attached hydrogen (secondary N) is 1. The summed E-state index contributed by atoms with van der Waals surface area (Å²) in [6.45, 7) is 10.3. The number of amides is 2.